The summed E-state index contributed by atoms with van der Waals surface area (Å²) in [5, 5.41) is -0.122. The van der Waals surface area contributed by atoms with Gasteiger partial charge in [-0.15, -0.1) is 11.8 Å². The Balaban J connectivity index is 2.17. The summed E-state index contributed by atoms with van der Waals surface area (Å²) < 4.78 is 5.00. The Morgan fingerprint density at radius 2 is 2.22 bits per heavy atom. The Kier molecular flexibility index (Phi) is 3.80. The van der Waals surface area contributed by atoms with Crippen LogP contribution in [0.15, 0.2) is 4.99 Å². The molecule has 1 heterocycles. The Morgan fingerprint density at radius 1 is 1.50 bits per heavy atom. The number of rotatable bonds is 2. The first kappa shape index (κ1) is 13.6. The second-order valence-corrected chi connectivity index (χ2v) is 6.72. The molecule has 1 aliphatic carbocycles. The number of fused-ring (bicyclic) bond motifs is 1. The number of Topliss-reactive ketones (excluding diaryl/α,β-unsaturated/α-hetero) is 1. The van der Waals surface area contributed by atoms with Crippen molar-refractivity contribution in [1.82, 2.24) is 0 Å². The molecule has 0 aromatic heterocycles. The van der Waals surface area contributed by atoms with Gasteiger partial charge >= 0.3 is 5.97 Å². The normalized spacial score (nSPS) is 30.4. The van der Waals surface area contributed by atoms with Crippen molar-refractivity contribution in [2.45, 2.75) is 44.9 Å². The van der Waals surface area contributed by atoms with Crippen LogP contribution in [-0.2, 0) is 14.3 Å². The molecule has 100 valence electrons. The first-order chi connectivity index (χ1) is 8.43. The zero-order valence-corrected chi connectivity index (χ0v) is 11.9. The average molecular weight is 269 g/mol. The molecule has 0 saturated heterocycles. The largest absolute Gasteiger partial charge is 0.464 e. The van der Waals surface area contributed by atoms with Gasteiger partial charge in [-0.2, -0.15) is 0 Å². The highest BCUT2D eigenvalue weighted by Crippen LogP contribution is 2.38. The summed E-state index contributed by atoms with van der Waals surface area (Å²) in [5.41, 5.74) is 0.842. The van der Waals surface area contributed by atoms with E-state index >= 15 is 0 Å². The minimum absolute atomic E-state index is 0.0382. The van der Waals surface area contributed by atoms with Crippen LogP contribution >= 0.6 is 11.8 Å². The van der Waals surface area contributed by atoms with Crippen molar-refractivity contribution in [1.29, 1.82) is 0 Å². The fourth-order valence-electron chi connectivity index (χ4n) is 2.48. The molecule has 0 radical (unpaired) electrons. The van der Waals surface area contributed by atoms with Crippen molar-refractivity contribution in [3.8, 4) is 0 Å². The van der Waals surface area contributed by atoms with Crippen molar-refractivity contribution in [3.05, 3.63) is 0 Å². The van der Waals surface area contributed by atoms with Crippen LogP contribution in [0, 0.1) is 5.41 Å². The first-order valence-electron chi connectivity index (χ1n) is 6.30. The fourth-order valence-corrected chi connectivity index (χ4v) is 3.67. The molecule has 2 aliphatic rings. The molecule has 1 saturated carbocycles. The summed E-state index contributed by atoms with van der Waals surface area (Å²) in [5.74, 6) is 0.531. The number of ether oxygens (including phenoxy) is 1. The molecule has 0 aromatic carbocycles. The topological polar surface area (TPSA) is 55.7 Å². The van der Waals surface area contributed by atoms with Crippen molar-refractivity contribution < 1.29 is 14.3 Å². The van der Waals surface area contributed by atoms with Crippen molar-refractivity contribution in [2.24, 2.45) is 10.4 Å². The maximum atomic E-state index is 12.0. The van der Waals surface area contributed by atoms with Gasteiger partial charge in [-0.1, -0.05) is 13.8 Å². The molecule has 0 N–H and O–H groups in total. The van der Waals surface area contributed by atoms with Gasteiger partial charge in [-0.3, -0.25) is 9.79 Å². The standard InChI is InChI=1S/C13H19NO3S/c1-4-17-12(16)9-7-18-11-8(14-9)5-13(2,3)6-10(11)15/h9,11H,4-7H2,1-3H3. The maximum absolute atomic E-state index is 12.0. The van der Waals surface area contributed by atoms with Crippen LogP contribution in [0.25, 0.3) is 0 Å². The van der Waals surface area contributed by atoms with Crippen molar-refractivity contribution in [3.63, 3.8) is 0 Å². The van der Waals surface area contributed by atoms with E-state index in [9.17, 15) is 9.59 Å². The molecule has 4 nitrogen and oxygen atoms in total. The van der Waals surface area contributed by atoms with Gasteiger partial charge in [0.15, 0.2) is 11.8 Å². The zero-order chi connectivity index (χ0) is 13.3. The van der Waals surface area contributed by atoms with Gasteiger partial charge in [0.05, 0.1) is 6.61 Å². The number of nitrogens with zero attached hydrogens (tertiary/aromatic N) is 1. The summed E-state index contributed by atoms with van der Waals surface area (Å²) in [7, 11) is 0. The molecule has 2 rings (SSSR count). The number of esters is 1. The third-order valence-corrected chi connectivity index (χ3v) is 4.59. The van der Waals surface area contributed by atoms with Crippen LogP contribution in [0.1, 0.15) is 33.6 Å². The number of hydrogen-bond donors (Lipinski definition) is 0. The lowest BCUT2D eigenvalue weighted by Gasteiger charge is -2.37. The lowest BCUT2D eigenvalue weighted by molar-refractivity contribution is -0.144. The molecular weight excluding hydrogens is 250 g/mol. The second kappa shape index (κ2) is 5.03. The smallest absolute Gasteiger partial charge is 0.331 e. The molecule has 18 heavy (non-hydrogen) atoms. The van der Waals surface area contributed by atoms with Gasteiger partial charge in [-0.25, -0.2) is 4.79 Å². The van der Waals surface area contributed by atoms with Gasteiger partial charge in [-0.05, 0) is 18.8 Å². The van der Waals surface area contributed by atoms with E-state index in [-0.39, 0.29) is 22.4 Å². The molecule has 2 unspecified atom stereocenters. The monoisotopic (exact) mass is 269 g/mol. The van der Waals surface area contributed by atoms with Gasteiger partial charge in [0.2, 0.25) is 0 Å². The highest BCUT2D eigenvalue weighted by Gasteiger charge is 2.41. The number of carbonyl (C=O) groups is 2. The van der Waals surface area contributed by atoms with E-state index in [4.69, 9.17) is 4.74 Å². The zero-order valence-electron chi connectivity index (χ0n) is 11.1. The van der Waals surface area contributed by atoms with E-state index < -0.39 is 6.04 Å². The van der Waals surface area contributed by atoms with Crippen LogP contribution in [0.2, 0.25) is 0 Å². The minimum atomic E-state index is -0.428. The number of carbonyl (C=O) groups excluding carboxylic acids is 2. The molecule has 5 heteroatoms. The van der Waals surface area contributed by atoms with Crippen LogP contribution in [0.4, 0.5) is 0 Å². The number of aliphatic imine (C=N–C) groups is 1. The predicted octanol–water partition coefficient (Wildman–Crippen LogP) is 1.86. The summed E-state index contributed by atoms with van der Waals surface area (Å²) in [4.78, 5) is 28.2. The van der Waals surface area contributed by atoms with Gasteiger partial charge < -0.3 is 4.74 Å². The molecule has 0 bridgehead atoms. The second-order valence-electron chi connectivity index (χ2n) is 5.59. The Hall–Kier alpha value is -0.840. The van der Waals surface area contributed by atoms with E-state index in [1.807, 2.05) is 0 Å². The van der Waals surface area contributed by atoms with E-state index in [1.54, 1.807) is 6.92 Å². The van der Waals surface area contributed by atoms with Gasteiger partial charge in [0.1, 0.15) is 5.25 Å². The molecule has 0 amide bonds. The Labute approximate surface area is 112 Å². The number of hydrogen-bond acceptors (Lipinski definition) is 5. The lowest BCUT2D eigenvalue weighted by atomic mass is 9.75. The molecule has 2 atom stereocenters. The Bertz CT molecular complexity index is 403. The van der Waals surface area contributed by atoms with E-state index in [0.29, 0.717) is 18.8 Å². The fraction of sp³-hybridized carbons (Fsp3) is 0.769. The minimum Gasteiger partial charge on any atom is -0.464 e. The SMILES string of the molecule is CCOC(=O)C1CSC2C(=O)CC(C)(C)CC2=N1. The molecular formula is C13H19NO3S. The van der Waals surface area contributed by atoms with E-state index in [0.717, 1.165) is 12.1 Å². The summed E-state index contributed by atoms with van der Waals surface area (Å²) in [6.45, 7) is 6.31. The van der Waals surface area contributed by atoms with Crippen LogP contribution in [-0.4, -0.2) is 41.1 Å². The van der Waals surface area contributed by atoms with Gasteiger partial charge in [0, 0.05) is 17.9 Å². The molecule has 1 aliphatic heterocycles. The third kappa shape index (κ3) is 2.76. The number of thioether (sulfide) groups is 1. The quantitative estimate of drug-likeness (QED) is 0.718. The van der Waals surface area contributed by atoms with Crippen molar-refractivity contribution >= 4 is 29.2 Å². The summed E-state index contributed by atoms with van der Waals surface area (Å²) in [6.07, 6.45) is 1.40. The van der Waals surface area contributed by atoms with E-state index in [2.05, 4.69) is 18.8 Å². The summed E-state index contributed by atoms with van der Waals surface area (Å²) in [6, 6.07) is -0.428. The summed E-state index contributed by atoms with van der Waals surface area (Å²) >= 11 is 1.54. The van der Waals surface area contributed by atoms with E-state index in [1.165, 1.54) is 11.8 Å². The Morgan fingerprint density at radius 3 is 2.89 bits per heavy atom. The number of ketones is 1. The van der Waals surface area contributed by atoms with Crippen LogP contribution < -0.4 is 0 Å². The molecule has 1 fully saturated rings. The molecule has 0 spiro atoms. The predicted molar refractivity (Wildman–Crippen MR) is 72.1 cm³/mol. The van der Waals surface area contributed by atoms with Gasteiger partial charge in [0.25, 0.3) is 0 Å². The highest BCUT2D eigenvalue weighted by molar-refractivity contribution is 8.01. The first-order valence-corrected chi connectivity index (χ1v) is 7.35. The average Bonchev–Trinajstić information content (AvgIpc) is 2.26. The maximum Gasteiger partial charge on any atom is 0.331 e. The highest BCUT2D eigenvalue weighted by atomic mass is 32.2. The van der Waals surface area contributed by atoms with Crippen LogP contribution in [0.5, 0.6) is 0 Å². The van der Waals surface area contributed by atoms with Crippen molar-refractivity contribution in [2.75, 3.05) is 12.4 Å². The van der Waals surface area contributed by atoms with Crippen LogP contribution in [0.3, 0.4) is 0 Å². The third-order valence-electron chi connectivity index (χ3n) is 3.21. The molecule has 0 aromatic rings. The lowest BCUT2D eigenvalue weighted by Crippen LogP contribution is -2.44.